The Kier molecular flexibility index (Phi) is 8.62. The van der Waals surface area contributed by atoms with Gasteiger partial charge in [0.25, 0.3) is 0 Å². The van der Waals surface area contributed by atoms with E-state index in [9.17, 15) is 8.42 Å². The van der Waals surface area contributed by atoms with Gasteiger partial charge in [-0.05, 0) is 75.8 Å². The summed E-state index contributed by atoms with van der Waals surface area (Å²) >= 11 is 0. The Morgan fingerprint density at radius 1 is 0.892 bits per heavy atom. The molecule has 37 heavy (non-hydrogen) atoms. The van der Waals surface area contributed by atoms with Gasteiger partial charge in [0.1, 0.15) is 5.82 Å². The molecule has 0 saturated carbocycles. The molecular formula is C28H42N6O2S. The first kappa shape index (κ1) is 26.4. The van der Waals surface area contributed by atoms with Crippen LogP contribution in [0.25, 0.3) is 0 Å². The van der Waals surface area contributed by atoms with Gasteiger partial charge in [-0.3, -0.25) is 4.90 Å². The maximum atomic E-state index is 13.2. The van der Waals surface area contributed by atoms with Crippen molar-refractivity contribution in [3.63, 3.8) is 0 Å². The lowest BCUT2D eigenvalue weighted by molar-refractivity contribution is 0.140. The lowest BCUT2D eigenvalue weighted by Gasteiger charge is -2.38. The number of benzene rings is 1. The quantitative estimate of drug-likeness (QED) is 0.602. The first-order valence-corrected chi connectivity index (χ1v) is 15.6. The maximum Gasteiger partial charge on any atom is 0.243 e. The zero-order valence-corrected chi connectivity index (χ0v) is 23.0. The number of piperidine rings is 1. The molecule has 0 radical (unpaired) electrons. The molecule has 0 aliphatic carbocycles. The molecule has 0 bridgehead atoms. The highest BCUT2D eigenvalue weighted by atomic mass is 32.2. The standard InChI is InChI=1S/C28H42N6O2S/c1-23-9-8-11-26(21-23)37(35,36)34-19-13-25(14-20-34)33-18-7-4-10-24(22-33)30-28-29-15-12-27(31-28)32-16-5-2-3-6-17-32/h8-9,11-12,15,21,24-25H,2-7,10,13-14,16-20,22H2,1H3,(H,29,30,31). The number of aromatic nitrogens is 2. The van der Waals surface area contributed by atoms with Crippen LogP contribution in [0.15, 0.2) is 41.4 Å². The molecule has 1 unspecified atom stereocenters. The van der Waals surface area contributed by atoms with Gasteiger partial charge in [0.05, 0.1) is 4.90 Å². The van der Waals surface area contributed by atoms with Crippen molar-refractivity contribution in [3.05, 3.63) is 42.1 Å². The summed E-state index contributed by atoms with van der Waals surface area (Å²) in [7, 11) is -3.43. The van der Waals surface area contributed by atoms with Gasteiger partial charge in [-0.15, -0.1) is 0 Å². The van der Waals surface area contributed by atoms with E-state index in [4.69, 9.17) is 4.98 Å². The summed E-state index contributed by atoms with van der Waals surface area (Å²) < 4.78 is 28.0. The van der Waals surface area contributed by atoms with Gasteiger partial charge in [-0.2, -0.15) is 9.29 Å². The highest BCUT2D eigenvalue weighted by molar-refractivity contribution is 7.89. The average molecular weight is 527 g/mol. The zero-order chi connectivity index (χ0) is 25.7. The van der Waals surface area contributed by atoms with E-state index in [-0.39, 0.29) is 0 Å². The van der Waals surface area contributed by atoms with E-state index in [1.165, 1.54) is 38.5 Å². The molecule has 1 N–H and O–H groups in total. The molecule has 202 valence electrons. The van der Waals surface area contributed by atoms with Gasteiger partial charge in [0, 0.05) is 51.0 Å². The van der Waals surface area contributed by atoms with Crippen LogP contribution in [0.4, 0.5) is 11.8 Å². The van der Waals surface area contributed by atoms with Crippen molar-refractivity contribution in [2.45, 2.75) is 81.7 Å². The SMILES string of the molecule is Cc1cccc(S(=O)(=O)N2CCC(N3CCCCC(Nc4nccc(N5CCCCCC5)n4)C3)CC2)c1. The maximum absolute atomic E-state index is 13.2. The van der Waals surface area contributed by atoms with Crippen LogP contribution in [-0.2, 0) is 10.0 Å². The van der Waals surface area contributed by atoms with Gasteiger partial charge in [-0.1, -0.05) is 31.4 Å². The molecule has 0 spiro atoms. The number of hydrogen-bond acceptors (Lipinski definition) is 7. The second-order valence-electron chi connectivity index (χ2n) is 10.9. The predicted molar refractivity (Wildman–Crippen MR) is 149 cm³/mol. The van der Waals surface area contributed by atoms with Gasteiger partial charge in [0.15, 0.2) is 0 Å². The Morgan fingerprint density at radius 2 is 1.65 bits per heavy atom. The zero-order valence-electron chi connectivity index (χ0n) is 22.2. The number of nitrogens with one attached hydrogen (secondary N) is 1. The van der Waals surface area contributed by atoms with Crippen LogP contribution in [0.5, 0.6) is 0 Å². The van der Waals surface area contributed by atoms with E-state index < -0.39 is 10.0 Å². The minimum Gasteiger partial charge on any atom is -0.356 e. The van der Waals surface area contributed by atoms with E-state index in [1.54, 1.807) is 16.4 Å². The minimum absolute atomic E-state index is 0.302. The number of hydrogen-bond donors (Lipinski definition) is 1. The third-order valence-electron chi connectivity index (χ3n) is 8.17. The minimum atomic E-state index is -3.43. The second-order valence-corrected chi connectivity index (χ2v) is 12.9. The molecule has 1 atom stereocenters. The molecule has 3 aliphatic heterocycles. The van der Waals surface area contributed by atoms with Gasteiger partial charge in [0.2, 0.25) is 16.0 Å². The van der Waals surface area contributed by atoms with Gasteiger partial charge in [-0.25, -0.2) is 13.4 Å². The first-order chi connectivity index (χ1) is 18.0. The number of nitrogens with zero attached hydrogens (tertiary/aromatic N) is 5. The van der Waals surface area contributed by atoms with Crippen LogP contribution < -0.4 is 10.2 Å². The molecule has 0 amide bonds. The summed E-state index contributed by atoms with van der Waals surface area (Å²) in [4.78, 5) is 14.8. The smallest absolute Gasteiger partial charge is 0.243 e. The average Bonchev–Trinajstić information content (AvgIpc) is 3.33. The molecular weight excluding hydrogens is 484 g/mol. The molecule has 8 nitrogen and oxygen atoms in total. The van der Waals surface area contributed by atoms with Crippen LogP contribution in [0, 0.1) is 6.92 Å². The summed E-state index contributed by atoms with van der Waals surface area (Å²) in [5, 5.41) is 3.65. The Morgan fingerprint density at radius 3 is 2.41 bits per heavy atom. The van der Waals surface area contributed by atoms with Crippen molar-refractivity contribution in [3.8, 4) is 0 Å². The predicted octanol–water partition coefficient (Wildman–Crippen LogP) is 4.29. The van der Waals surface area contributed by atoms with E-state index in [0.717, 1.165) is 62.8 Å². The topological polar surface area (TPSA) is 81.7 Å². The number of anilines is 2. The number of aryl methyl sites for hydroxylation is 1. The Hall–Kier alpha value is -2.23. The third kappa shape index (κ3) is 6.62. The number of sulfonamides is 1. The van der Waals surface area contributed by atoms with E-state index >= 15 is 0 Å². The monoisotopic (exact) mass is 526 g/mol. The first-order valence-electron chi connectivity index (χ1n) is 14.1. The highest BCUT2D eigenvalue weighted by Gasteiger charge is 2.33. The summed E-state index contributed by atoms with van der Waals surface area (Å²) in [6, 6.07) is 10.00. The Bertz CT molecular complexity index is 1130. The summed E-state index contributed by atoms with van der Waals surface area (Å²) in [5.74, 6) is 1.76. The Balaban J connectivity index is 1.19. The molecule has 3 fully saturated rings. The lowest BCUT2D eigenvalue weighted by Crippen LogP contribution is -2.49. The van der Waals surface area contributed by atoms with Crippen molar-refractivity contribution >= 4 is 21.8 Å². The third-order valence-corrected chi connectivity index (χ3v) is 10.1. The van der Waals surface area contributed by atoms with Crippen molar-refractivity contribution < 1.29 is 8.42 Å². The lowest BCUT2D eigenvalue weighted by atomic mass is 10.0. The van der Waals surface area contributed by atoms with Gasteiger partial charge < -0.3 is 10.2 Å². The molecule has 9 heteroatoms. The summed E-state index contributed by atoms with van der Waals surface area (Å²) in [6.07, 6.45) is 12.2. The molecule has 3 aliphatic rings. The molecule has 1 aromatic carbocycles. The highest BCUT2D eigenvalue weighted by Crippen LogP contribution is 2.26. The number of rotatable bonds is 6. The van der Waals surface area contributed by atoms with Crippen molar-refractivity contribution in [1.82, 2.24) is 19.2 Å². The normalized spacial score (nSPS) is 23.4. The largest absolute Gasteiger partial charge is 0.356 e. The Labute approximate surface area is 222 Å². The second kappa shape index (κ2) is 12.1. The van der Waals surface area contributed by atoms with Crippen molar-refractivity contribution in [2.75, 3.05) is 49.5 Å². The van der Waals surface area contributed by atoms with Crippen molar-refractivity contribution in [1.29, 1.82) is 0 Å². The van der Waals surface area contributed by atoms with Crippen LogP contribution in [0.1, 0.15) is 63.4 Å². The van der Waals surface area contributed by atoms with Crippen LogP contribution in [0.2, 0.25) is 0 Å². The molecule has 3 saturated heterocycles. The fourth-order valence-electron chi connectivity index (χ4n) is 6.07. The van der Waals surface area contributed by atoms with Crippen LogP contribution in [-0.4, -0.2) is 78.9 Å². The fraction of sp³-hybridized carbons (Fsp3) is 0.643. The molecule has 1 aromatic heterocycles. The van der Waals surface area contributed by atoms with E-state index in [2.05, 4.69) is 20.1 Å². The van der Waals surface area contributed by atoms with Gasteiger partial charge >= 0.3 is 0 Å². The van der Waals surface area contributed by atoms with Crippen LogP contribution in [0.3, 0.4) is 0 Å². The van der Waals surface area contributed by atoms with E-state index in [0.29, 0.717) is 30.1 Å². The molecule has 5 rings (SSSR count). The number of likely N-dealkylation sites (tertiary alicyclic amines) is 1. The molecule has 2 aromatic rings. The fourth-order valence-corrected chi connectivity index (χ4v) is 7.65. The summed E-state index contributed by atoms with van der Waals surface area (Å²) in [6.45, 7) is 7.27. The van der Waals surface area contributed by atoms with Crippen LogP contribution >= 0.6 is 0 Å². The molecule has 4 heterocycles. The van der Waals surface area contributed by atoms with E-state index in [1.807, 2.05) is 31.3 Å². The van der Waals surface area contributed by atoms with Crippen molar-refractivity contribution in [2.24, 2.45) is 0 Å². The summed E-state index contributed by atoms with van der Waals surface area (Å²) in [5.41, 5.74) is 0.972.